The van der Waals surface area contributed by atoms with E-state index in [4.69, 9.17) is 4.52 Å². The molecule has 136 valence electrons. The molecule has 25 heavy (non-hydrogen) atoms. The van der Waals surface area contributed by atoms with E-state index < -0.39 is 7.82 Å². The number of rotatable bonds is 6. The van der Waals surface area contributed by atoms with E-state index in [1.807, 2.05) is 0 Å². The highest BCUT2D eigenvalue weighted by Crippen LogP contribution is 2.48. The Bertz CT molecular complexity index is 807. The first-order chi connectivity index (χ1) is 11.9. The highest BCUT2D eigenvalue weighted by atomic mass is 31.2. The molecule has 0 unspecified atom stereocenters. The van der Waals surface area contributed by atoms with Crippen molar-refractivity contribution in [3.8, 4) is 5.75 Å². The maximum Gasteiger partial charge on any atom is 0.524 e. The van der Waals surface area contributed by atoms with Gasteiger partial charge < -0.3 is 19.7 Å². The van der Waals surface area contributed by atoms with Gasteiger partial charge in [-0.05, 0) is 44.6 Å². The Balaban J connectivity index is 2.08. The quantitative estimate of drug-likeness (QED) is 0.460. The van der Waals surface area contributed by atoms with Crippen LogP contribution in [-0.2, 0) is 9.36 Å². The monoisotopic (exact) mass is 367 g/mol. The van der Waals surface area contributed by atoms with Crippen LogP contribution in [0.2, 0.25) is 0 Å². The van der Waals surface area contributed by atoms with E-state index in [1.165, 1.54) is 0 Å². The van der Waals surface area contributed by atoms with E-state index in [1.54, 1.807) is 18.2 Å². The minimum absolute atomic E-state index is 0.112. The van der Waals surface area contributed by atoms with E-state index in [0.717, 1.165) is 32.5 Å². The van der Waals surface area contributed by atoms with Crippen LogP contribution in [0.15, 0.2) is 18.2 Å². The number of hydrogen-bond donors (Lipinski definition) is 4. The third-order valence-electron chi connectivity index (χ3n) is 4.67. The van der Waals surface area contributed by atoms with Gasteiger partial charge in [-0.3, -0.25) is 14.6 Å². The molecule has 1 fully saturated rings. The van der Waals surface area contributed by atoms with Crippen LogP contribution in [0.5, 0.6) is 5.75 Å². The molecular formula is C16H22N3O5P. The summed E-state index contributed by atoms with van der Waals surface area (Å²) in [6.45, 7) is 4.94. The number of benzene rings is 1. The van der Waals surface area contributed by atoms with E-state index in [0.29, 0.717) is 28.7 Å². The van der Waals surface area contributed by atoms with Crippen molar-refractivity contribution in [3.63, 3.8) is 0 Å². The van der Waals surface area contributed by atoms with Crippen LogP contribution < -0.4 is 9.84 Å². The summed E-state index contributed by atoms with van der Waals surface area (Å²) in [6.07, 6.45) is 2.27. The van der Waals surface area contributed by atoms with Gasteiger partial charge in [0.1, 0.15) is 0 Å². The first kappa shape index (κ1) is 17.9. The number of fused-ring (bicyclic) bond motifs is 1. The fourth-order valence-corrected chi connectivity index (χ4v) is 3.89. The second-order valence-electron chi connectivity index (χ2n) is 6.15. The van der Waals surface area contributed by atoms with Crippen molar-refractivity contribution >= 4 is 30.8 Å². The van der Waals surface area contributed by atoms with Crippen molar-refractivity contribution in [1.82, 2.24) is 9.88 Å². The second-order valence-corrected chi connectivity index (χ2v) is 7.31. The Kier molecular flexibility index (Phi) is 5.15. The lowest BCUT2D eigenvalue weighted by Crippen LogP contribution is -2.32. The Hall–Kier alpha value is -1.86. The number of piperidine rings is 1. The number of phosphoric ester groups is 1. The number of nitrogens with one attached hydrogen (secondary N) is 2. The van der Waals surface area contributed by atoms with Gasteiger partial charge in [0.05, 0.1) is 22.3 Å². The lowest BCUT2D eigenvalue weighted by atomic mass is 9.93. The van der Waals surface area contributed by atoms with Gasteiger partial charge in [-0.25, -0.2) is 4.57 Å². The van der Waals surface area contributed by atoms with Crippen molar-refractivity contribution in [2.45, 2.75) is 25.7 Å². The zero-order chi connectivity index (χ0) is 18.0. The molecule has 3 rings (SSSR count). The summed E-state index contributed by atoms with van der Waals surface area (Å²) in [5, 5.41) is 3.05. The Morgan fingerprint density at radius 2 is 2.12 bits per heavy atom. The van der Waals surface area contributed by atoms with Crippen LogP contribution >= 0.6 is 7.82 Å². The van der Waals surface area contributed by atoms with Crippen LogP contribution in [0.3, 0.4) is 0 Å². The predicted octanol–water partition coefficient (Wildman–Crippen LogP) is 2.41. The van der Waals surface area contributed by atoms with Crippen molar-refractivity contribution in [3.05, 3.63) is 23.9 Å². The molecule has 0 spiro atoms. The van der Waals surface area contributed by atoms with Gasteiger partial charge in [-0.2, -0.15) is 0 Å². The summed E-state index contributed by atoms with van der Waals surface area (Å²) in [7, 11) is -4.74. The molecule has 1 saturated heterocycles. The number of phosphoric acid groups is 1. The molecule has 2 heterocycles. The molecule has 8 nitrogen and oxygen atoms in total. The normalized spacial score (nSPS) is 16.9. The Morgan fingerprint density at radius 1 is 1.40 bits per heavy atom. The van der Waals surface area contributed by atoms with Gasteiger partial charge in [0.2, 0.25) is 6.41 Å². The molecule has 1 aliphatic rings. The standard InChI is InChI=1S/C16H22N3O5P/c1-2-19-8-6-11(7-9-19)15-16(24-25(21,22)23)14-12(17-10-20)4-3-5-13(14)18-15/h3-5,10-11,18H,2,6-9H2,1H3,(H,17,20)(H2,21,22,23). The summed E-state index contributed by atoms with van der Waals surface area (Å²) in [6, 6.07) is 5.22. The summed E-state index contributed by atoms with van der Waals surface area (Å²) in [4.78, 5) is 35.2. The third kappa shape index (κ3) is 3.88. The van der Waals surface area contributed by atoms with Gasteiger partial charge in [-0.15, -0.1) is 0 Å². The first-order valence-corrected chi connectivity index (χ1v) is 9.78. The first-order valence-electron chi connectivity index (χ1n) is 8.25. The van der Waals surface area contributed by atoms with Gasteiger partial charge in [0.15, 0.2) is 5.75 Å². The Labute approximate surface area is 145 Å². The van der Waals surface area contributed by atoms with Crippen molar-refractivity contribution in [1.29, 1.82) is 0 Å². The lowest BCUT2D eigenvalue weighted by Gasteiger charge is -2.31. The van der Waals surface area contributed by atoms with Crippen LogP contribution in [0.4, 0.5) is 5.69 Å². The number of carbonyl (C=O) groups excluding carboxylic acids is 1. The largest absolute Gasteiger partial charge is 0.524 e. The molecule has 0 saturated carbocycles. The number of H-pyrrole nitrogens is 1. The van der Waals surface area contributed by atoms with Crippen molar-refractivity contribution in [2.75, 3.05) is 25.0 Å². The molecule has 1 amide bonds. The summed E-state index contributed by atoms with van der Waals surface area (Å²) in [5.41, 5.74) is 1.79. The summed E-state index contributed by atoms with van der Waals surface area (Å²) >= 11 is 0. The van der Waals surface area contributed by atoms with E-state index in [2.05, 4.69) is 22.1 Å². The maximum absolute atomic E-state index is 11.5. The minimum atomic E-state index is -4.74. The second kappa shape index (κ2) is 7.17. The molecule has 4 N–H and O–H groups in total. The molecule has 0 bridgehead atoms. The number of amides is 1. The molecule has 1 aromatic heterocycles. The number of aromatic nitrogens is 1. The molecule has 2 aromatic rings. The van der Waals surface area contributed by atoms with E-state index >= 15 is 0 Å². The van der Waals surface area contributed by atoms with Crippen molar-refractivity contribution < 1.29 is 23.7 Å². The minimum Gasteiger partial charge on any atom is -0.402 e. The lowest BCUT2D eigenvalue weighted by molar-refractivity contribution is -0.105. The number of likely N-dealkylation sites (tertiary alicyclic amines) is 1. The van der Waals surface area contributed by atoms with Crippen LogP contribution in [-0.4, -0.2) is 45.7 Å². The van der Waals surface area contributed by atoms with E-state index in [9.17, 15) is 19.1 Å². The fourth-order valence-electron chi connectivity index (χ4n) is 3.46. The molecule has 0 radical (unpaired) electrons. The molecule has 9 heteroatoms. The van der Waals surface area contributed by atoms with Gasteiger partial charge in [0, 0.05) is 5.92 Å². The zero-order valence-electron chi connectivity index (χ0n) is 13.9. The molecular weight excluding hydrogens is 345 g/mol. The number of carbonyl (C=O) groups is 1. The van der Waals surface area contributed by atoms with E-state index in [-0.39, 0.29) is 11.7 Å². The highest BCUT2D eigenvalue weighted by molar-refractivity contribution is 7.46. The summed E-state index contributed by atoms with van der Waals surface area (Å²) < 4.78 is 16.6. The van der Waals surface area contributed by atoms with Crippen LogP contribution in [0.25, 0.3) is 10.9 Å². The SMILES string of the molecule is CCN1CCC(c2[nH]c3cccc(NC=O)c3c2OP(=O)(O)O)CC1. The average Bonchev–Trinajstić information content (AvgIpc) is 2.93. The number of anilines is 1. The number of aromatic amines is 1. The number of hydrogen-bond acceptors (Lipinski definition) is 4. The smallest absolute Gasteiger partial charge is 0.402 e. The zero-order valence-corrected chi connectivity index (χ0v) is 14.8. The third-order valence-corrected chi connectivity index (χ3v) is 5.09. The predicted molar refractivity (Wildman–Crippen MR) is 94.7 cm³/mol. The fraction of sp³-hybridized carbons (Fsp3) is 0.438. The van der Waals surface area contributed by atoms with Crippen LogP contribution in [0, 0.1) is 0 Å². The maximum atomic E-state index is 11.5. The molecule has 0 atom stereocenters. The van der Waals surface area contributed by atoms with Gasteiger partial charge >= 0.3 is 7.82 Å². The molecule has 1 aliphatic heterocycles. The highest BCUT2D eigenvalue weighted by Gasteiger charge is 2.30. The molecule has 1 aromatic carbocycles. The number of nitrogens with zero attached hydrogens (tertiary/aromatic N) is 1. The average molecular weight is 367 g/mol. The molecule has 0 aliphatic carbocycles. The Morgan fingerprint density at radius 3 is 2.72 bits per heavy atom. The van der Waals surface area contributed by atoms with Gasteiger partial charge in [0.25, 0.3) is 0 Å². The summed E-state index contributed by atoms with van der Waals surface area (Å²) in [5.74, 6) is 0.240. The van der Waals surface area contributed by atoms with Crippen LogP contribution in [0.1, 0.15) is 31.4 Å². The topological polar surface area (TPSA) is 115 Å². The van der Waals surface area contributed by atoms with Gasteiger partial charge in [-0.1, -0.05) is 13.0 Å². The van der Waals surface area contributed by atoms with Crippen molar-refractivity contribution in [2.24, 2.45) is 0 Å².